The summed E-state index contributed by atoms with van der Waals surface area (Å²) in [5, 5.41) is 0. The van der Waals surface area contributed by atoms with Gasteiger partial charge in [-0.2, -0.15) is 0 Å². The van der Waals surface area contributed by atoms with Crippen LogP contribution in [0, 0.1) is 5.92 Å². The van der Waals surface area contributed by atoms with Crippen molar-refractivity contribution in [1.29, 1.82) is 0 Å². The first kappa shape index (κ1) is 15.9. The smallest absolute Gasteiger partial charge is 0.232 e. The Hall–Kier alpha value is -0.120. The quantitative estimate of drug-likeness (QED) is 0.620. The predicted molar refractivity (Wildman–Crippen MR) is 75.5 cm³/mol. The number of hydrogen-bond donors (Lipinski definition) is 0. The van der Waals surface area contributed by atoms with Gasteiger partial charge >= 0.3 is 0 Å². The molecule has 1 fully saturated rings. The lowest BCUT2D eigenvalue weighted by Crippen LogP contribution is -2.60. The highest BCUT2D eigenvalue weighted by molar-refractivity contribution is 4.85. The zero-order valence-electron chi connectivity index (χ0n) is 12.7. The van der Waals surface area contributed by atoms with Crippen molar-refractivity contribution >= 4 is 0 Å². The maximum atomic E-state index is 6.13. The number of likely N-dealkylation sites (tertiary alicyclic amines) is 1. The minimum atomic E-state index is -0.453. The molecule has 0 saturated carbocycles. The standard InChI is InChI=1S/C15H31NO2/c1-5-9-11-14-12-10-13-16(6-2)15(14,17-7-3)18-8-4/h14H,5-13H2,1-4H3. The van der Waals surface area contributed by atoms with Crippen LogP contribution in [-0.4, -0.2) is 37.1 Å². The van der Waals surface area contributed by atoms with Crippen molar-refractivity contribution in [2.75, 3.05) is 26.3 Å². The Balaban J connectivity index is 2.87. The molecule has 0 amide bonds. The second kappa shape index (κ2) is 8.13. The summed E-state index contributed by atoms with van der Waals surface area (Å²) in [6.45, 7) is 12.1. The summed E-state index contributed by atoms with van der Waals surface area (Å²) < 4.78 is 12.3. The molecule has 0 aliphatic carbocycles. The molecule has 0 aromatic rings. The van der Waals surface area contributed by atoms with Crippen LogP contribution in [0.2, 0.25) is 0 Å². The maximum absolute atomic E-state index is 6.13. The SMILES string of the molecule is CCCCC1CCCN(CC)C1(OCC)OCC. The van der Waals surface area contributed by atoms with Crippen molar-refractivity contribution < 1.29 is 9.47 Å². The Morgan fingerprint density at radius 3 is 2.28 bits per heavy atom. The van der Waals surface area contributed by atoms with Gasteiger partial charge in [0.2, 0.25) is 5.91 Å². The van der Waals surface area contributed by atoms with Crippen molar-refractivity contribution in [2.45, 2.75) is 65.7 Å². The molecule has 3 heteroatoms. The average Bonchev–Trinajstić information content (AvgIpc) is 2.38. The molecule has 1 saturated heterocycles. The van der Waals surface area contributed by atoms with E-state index in [1.165, 1.54) is 32.1 Å². The first-order valence-corrected chi connectivity index (χ1v) is 7.78. The number of piperidine rings is 1. The van der Waals surface area contributed by atoms with Crippen LogP contribution in [0.3, 0.4) is 0 Å². The maximum Gasteiger partial charge on any atom is 0.232 e. The van der Waals surface area contributed by atoms with Crippen molar-refractivity contribution in [3.63, 3.8) is 0 Å². The van der Waals surface area contributed by atoms with E-state index in [0.29, 0.717) is 5.92 Å². The Bertz CT molecular complexity index is 215. The summed E-state index contributed by atoms with van der Waals surface area (Å²) in [7, 11) is 0. The minimum Gasteiger partial charge on any atom is -0.337 e. The molecular weight excluding hydrogens is 226 g/mol. The second-order valence-corrected chi connectivity index (χ2v) is 5.06. The highest BCUT2D eigenvalue weighted by Gasteiger charge is 2.47. The molecule has 18 heavy (non-hydrogen) atoms. The Kier molecular flexibility index (Phi) is 7.20. The summed E-state index contributed by atoms with van der Waals surface area (Å²) in [5.74, 6) is 0.0668. The third kappa shape index (κ3) is 3.46. The van der Waals surface area contributed by atoms with Crippen molar-refractivity contribution in [3.05, 3.63) is 0 Å². The van der Waals surface area contributed by atoms with E-state index in [1.54, 1.807) is 0 Å². The summed E-state index contributed by atoms with van der Waals surface area (Å²) in [4.78, 5) is 2.39. The topological polar surface area (TPSA) is 21.7 Å². The van der Waals surface area contributed by atoms with Crippen LogP contribution in [0.4, 0.5) is 0 Å². The van der Waals surface area contributed by atoms with E-state index < -0.39 is 5.91 Å². The van der Waals surface area contributed by atoms with Gasteiger partial charge in [-0.05, 0) is 33.1 Å². The molecule has 1 aliphatic rings. The predicted octanol–water partition coefficient (Wildman–Crippen LogP) is 3.64. The van der Waals surface area contributed by atoms with Crippen LogP contribution in [0.25, 0.3) is 0 Å². The highest BCUT2D eigenvalue weighted by atomic mass is 16.7. The van der Waals surface area contributed by atoms with E-state index in [9.17, 15) is 0 Å². The highest BCUT2D eigenvalue weighted by Crippen LogP contribution is 2.38. The van der Waals surface area contributed by atoms with E-state index in [1.807, 2.05) is 0 Å². The van der Waals surface area contributed by atoms with Gasteiger partial charge in [-0.15, -0.1) is 0 Å². The third-order valence-corrected chi connectivity index (χ3v) is 3.93. The lowest BCUT2D eigenvalue weighted by atomic mass is 9.88. The average molecular weight is 257 g/mol. The van der Waals surface area contributed by atoms with E-state index in [2.05, 4.69) is 32.6 Å². The summed E-state index contributed by atoms with van der Waals surface area (Å²) in [6.07, 6.45) is 6.23. The zero-order chi connectivity index (χ0) is 13.4. The summed E-state index contributed by atoms with van der Waals surface area (Å²) in [5.41, 5.74) is 0. The molecule has 0 N–H and O–H groups in total. The molecule has 1 heterocycles. The van der Waals surface area contributed by atoms with Gasteiger partial charge in [-0.3, -0.25) is 4.90 Å². The van der Waals surface area contributed by atoms with Crippen molar-refractivity contribution in [1.82, 2.24) is 4.90 Å². The number of nitrogens with zero attached hydrogens (tertiary/aromatic N) is 1. The molecule has 1 rings (SSSR count). The van der Waals surface area contributed by atoms with Crippen LogP contribution in [-0.2, 0) is 9.47 Å². The van der Waals surface area contributed by atoms with E-state index >= 15 is 0 Å². The van der Waals surface area contributed by atoms with Gasteiger partial charge in [0.25, 0.3) is 0 Å². The van der Waals surface area contributed by atoms with Crippen LogP contribution >= 0.6 is 0 Å². The first-order valence-electron chi connectivity index (χ1n) is 7.78. The monoisotopic (exact) mass is 257 g/mol. The van der Waals surface area contributed by atoms with Crippen LogP contribution in [0.15, 0.2) is 0 Å². The van der Waals surface area contributed by atoms with Crippen LogP contribution < -0.4 is 0 Å². The van der Waals surface area contributed by atoms with Crippen molar-refractivity contribution in [3.8, 4) is 0 Å². The molecule has 0 aromatic heterocycles. The van der Waals surface area contributed by atoms with E-state index in [4.69, 9.17) is 9.47 Å². The molecular formula is C15H31NO2. The Morgan fingerprint density at radius 2 is 1.78 bits per heavy atom. The fraction of sp³-hybridized carbons (Fsp3) is 1.00. The number of unbranched alkanes of at least 4 members (excludes halogenated alkanes) is 1. The molecule has 0 aromatic carbocycles. The number of hydrogen-bond acceptors (Lipinski definition) is 3. The third-order valence-electron chi connectivity index (χ3n) is 3.93. The Morgan fingerprint density at radius 1 is 1.11 bits per heavy atom. The van der Waals surface area contributed by atoms with E-state index in [0.717, 1.165) is 26.3 Å². The lowest BCUT2D eigenvalue weighted by Gasteiger charge is -2.50. The van der Waals surface area contributed by atoms with Gasteiger partial charge < -0.3 is 9.47 Å². The van der Waals surface area contributed by atoms with Gasteiger partial charge in [0.15, 0.2) is 0 Å². The van der Waals surface area contributed by atoms with Crippen LogP contribution in [0.1, 0.15) is 59.8 Å². The molecule has 0 bridgehead atoms. The van der Waals surface area contributed by atoms with E-state index in [-0.39, 0.29) is 0 Å². The van der Waals surface area contributed by atoms with Gasteiger partial charge in [0.1, 0.15) is 0 Å². The summed E-state index contributed by atoms with van der Waals surface area (Å²) >= 11 is 0. The fourth-order valence-corrected chi connectivity index (χ4v) is 3.15. The number of rotatable bonds is 8. The number of ether oxygens (including phenoxy) is 2. The molecule has 1 atom stereocenters. The van der Waals surface area contributed by atoms with Crippen molar-refractivity contribution in [2.24, 2.45) is 5.92 Å². The second-order valence-electron chi connectivity index (χ2n) is 5.06. The van der Waals surface area contributed by atoms with Gasteiger partial charge in [0.05, 0.1) is 0 Å². The molecule has 108 valence electrons. The normalized spacial score (nSPS) is 24.3. The van der Waals surface area contributed by atoms with Gasteiger partial charge in [-0.1, -0.05) is 26.7 Å². The fourth-order valence-electron chi connectivity index (χ4n) is 3.15. The lowest BCUT2D eigenvalue weighted by molar-refractivity contribution is -0.353. The Labute approximate surface area is 113 Å². The summed E-state index contributed by atoms with van der Waals surface area (Å²) in [6, 6.07) is 0. The molecule has 0 spiro atoms. The molecule has 0 radical (unpaired) electrons. The molecule has 3 nitrogen and oxygen atoms in total. The minimum absolute atomic E-state index is 0.453. The largest absolute Gasteiger partial charge is 0.337 e. The van der Waals surface area contributed by atoms with Gasteiger partial charge in [-0.25, -0.2) is 0 Å². The van der Waals surface area contributed by atoms with Gasteiger partial charge in [0, 0.05) is 32.2 Å². The van der Waals surface area contributed by atoms with Crippen LogP contribution in [0.5, 0.6) is 0 Å². The molecule has 1 aliphatic heterocycles. The molecule has 1 unspecified atom stereocenters. The zero-order valence-corrected chi connectivity index (χ0v) is 12.7. The first-order chi connectivity index (χ1) is 8.75.